The van der Waals surface area contributed by atoms with E-state index >= 15 is 0 Å². The number of rotatable bonds is 5. The van der Waals surface area contributed by atoms with Crippen molar-refractivity contribution in [3.05, 3.63) is 22.5 Å². The van der Waals surface area contributed by atoms with Gasteiger partial charge in [-0.15, -0.1) is 0 Å². The first-order chi connectivity index (χ1) is 7.07. The van der Waals surface area contributed by atoms with E-state index in [2.05, 4.69) is 46.4 Å². The van der Waals surface area contributed by atoms with Crippen LogP contribution in [0.25, 0.3) is 0 Å². The highest BCUT2D eigenvalue weighted by Gasteiger charge is 2.24. The molecule has 0 aliphatic carbocycles. The fourth-order valence-electron chi connectivity index (χ4n) is 2.60. The third-order valence-corrected chi connectivity index (χ3v) is 6.84. The van der Waals surface area contributed by atoms with Crippen LogP contribution in [0.3, 0.4) is 0 Å². The average Bonchev–Trinajstić information content (AvgIpc) is 2.58. The maximum absolute atomic E-state index is 2.57. The summed E-state index contributed by atoms with van der Waals surface area (Å²) in [5.74, 6) is 1.49. The van der Waals surface area contributed by atoms with Gasteiger partial charge in [0.05, 0.1) is 8.80 Å². The van der Waals surface area contributed by atoms with Gasteiger partial charge in [-0.05, 0) is 11.8 Å². The van der Waals surface area contributed by atoms with Crippen LogP contribution in [-0.2, 0) is 0 Å². The SMILES string of the molecule is CCCC[SiH]1C=CC(C(C)C)=C1C(C)C. The lowest BCUT2D eigenvalue weighted by molar-refractivity contribution is 0.735. The minimum absolute atomic E-state index is 0.686. The maximum atomic E-state index is 2.57. The van der Waals surface area contributed by atoms with Crippen molar-refractivity contribution in [2.75, 3.05) is 0 Å². The first-order valence-corrected chi connectivity index (χ1v) is 8.56. The molecule has 1 rings (SSSR count). The molecule has 0 aromatic rings. The van der Waals surface area contributed by atoms with Crippen LogP contribution in [0.15, 0.2) is 22.5 Å². The Morgan fingerprint density at radius 2 is 1.80 bits per heavy atom. The molecule has 0 aromatic heterocycles. The summed E-state index contributed by atoms with van der Waals surface area (Å²) in [5, 5.41) is 1.85. The van der Waals surface area contributed by atoms with Crippen LogP contribution in [0, 0.1) is 11.8 Å². The lowest BCUT2D eigenvalue weighted by Gasteiger charge is -2.19. The second-order valence-corrected chi connectivity index (χ2v) is 8.13. The molecule has 86 valence electrons. The largest absolute Gasteiger partial charge is 0.0929 e. The number of hydrogen-bond acceptors (Lipinski definition) is 0. The second-order valence-electron chi connectivity index (χ2n) is 5.33. The molecule has 0 aromatic carbocycles. The van der Waals surface area contributed by atoms with E-state index in [9.17, 15) is 0 Å². The minimum atomic E-state index is -0.686. The quantitative estimate of drug-likeness (QED) is 0.609. The highest BCUT2D eigenvalue weighted by molar-refractivity contribution is 6.73. The van der Waals surface area contributed by atoms with Gasteiger partial charge in [-0.1, -0.05) is 76.0 Å². The van der Waals surface area contributed by atoms with E-state index in [0.717, 1.165) is 11.8 Å². The molecule has 0 bridgehead atoms. The third kappa shape index (κ3) is 3.07. The predicted molar refractivity (Wildman–Crippen MR) is 72.7 cm³/mol. The summed E-state index contributed by atoms with van der Waals surface area (Å²) in [7, 11) is -0.686. The van der Waals surface area contributed by atoms with Gasteiger partial charge in [-0.2, -0.15) is 0 Å². The van der Waals surface area contributed by atoms with Gasteiger partial charge in [0.2, 0.25) is 0 Å². The third-order valence-electron chi connectivity index (χ3n) is 3.35. The van der Waals surface area contributed by atoms with Gasteiger partial charge in [-0.3, -0.25) is 0 Å². The van der Waals surface area contributed by atoms with E-state index in [1.54, 1.807) is 5.57 Å². The fraction of sp³-hybridized carbons (Fsp3) is 0.714. The first-order valence-electron chi connectivity index (χ1n) is 6.50. The van der Waals surface area contributed by atoms with Crippen LogP contribution >= 0.6 is 0 Å². The van der Waals surface area contributed by atoms with Crippen molar-refractivity contribution in [3.63, 3.8) is 0 Å². The standard InChI is InChI=1S/C14H26Si/c1-6-7-9-15-10-8-13(11(2)3)14(15)12(4)5/h8,10-12,15H,6-7,9H2,1-5H3. The highest BCUT2D eigenvalue weighted by atomic mass is 28.3. The van der Waals surface area contributed by atoms with Gasteiger partial charge < -0.3 is 0 Å². The Bertz CT molecular complexity index is 259. The van der Waals surface area contributed by atoms with Crippen molar-refractivity contribution < 1.29 is 0 Å². The molecule has 1 atom stereocenters. The van der Waals surface area contributed by atoms with Gasteiger partial charge in [0.1, 0.15) is 0 Å². The summed E-state index contributed by atoms with van der Waals surface area (Å²) in [6.45, 7) is 11.7. The van der Waals surface area contributed by atoms with E-state index < -0.39 is 8.80 Å². The van der Waals surface area contributed by atoms with E-state index in [1.807, 2.05) is 5.20 Å². The van der Waals surface area contributed by atoms with E-state index in [0.29, 0.717) is 0 Å². The Morgan fingerprint density at radius 1 is 1.13 bits per heavy atom. The highest BCUT2D eigenvalue weighted by Crippen LogP contribution is 2.32. The molecule has 0 saturated heterocycles. The van der Waals surface area contributed by atoms with E-state index in [-0.39, 0.29) is 0 Å². The molecule has 1 aliphatic heterocycles. The van der Waals surface area contributed by atoms with Gasteiger partial charge in [0.15, 0.2) is 0 Å². The molecule has 1 aliphatic rings. The zero-order valence-electron chi connectivity index (χ0n) is 11.0. The average molecular weight is 222 g/mol. The van der Waals surface area contributed by atoms with Gasteiger partial charge in [0, 0.05) is 0 Å². The summed E-state index contributed by atoms with van der Waals surface area (Å²) in [6.07, 6.45) is 5.20. The molecule has 0 amide bonds. The molecular weight excluding hydrogens is 196 g/mol. The smallest absolute Gasteiger partial charge is 0.0896 e. The van der Waals surface area contributed by atoms with Crippen molar-refractivity contribution in [1.82, 2.24) is 0 Å². The van der Waals surface area contributed by atoms with Crippen LogP contribution in [0.4, 0.5) is 0 Å². The second kappa shape index (κ2) is 5.69. The Morgan fingerprint density at radius 3 is 2.27 bits per heavy atom. The van der Waals surface area contributed by atoms with Crippen LogP contribution in [0.1, 0.15) is 47.5 Å². The summed E-state index contributed by atoms with van der Waals surface area (Å²) in [6, 6.07) is 1.48. The van der Waals surface area contributed by atoms with Crippen molar-refractivity contribution in [2.45, 2.75) is 53.5 Å². The molecule has 15 heavy (non-hydrogen) atoms. The molecule has 1 heteroatoms. The summed E-state index contributed by atoms with van der Waals surface area (Å²) in [5.41, 5.74) is 4.23. The molecule has 0 fully saturated rings. The van der Waals surface area contributed by atoms with Crippen LogP contribution < -0.4 is 0 Å². The predicted octanol–water partition coefficient (Wildman–Crippen LogP) is 4.27. The lowest BCUT2D eigenvalue weighted by atomic mass is 9.99. The van der Waals surface area contributed by atoms with Crippen molar-refractivity contribution >= 4 is 8.80 Å². The van der Waals surface area contributed by atoms with E-state index in [4.69, 9.17) is 0 Å². The van der Waals surface area contributed by atoms with Crippen LogP contribution in [0.2, 0.25) is 6.04 Å². The molecule has 0 nitrogen and oxygen atoms in total. The molecule has 0 saturated carbocycles. The molecule has 0 N–H and O–H groups in total. The number of unbranched alkanes of at least 4 members (excludes halogenated alkanes) is 1. The molecule has 0 radical (unpaired) electrons. The maximum Gasteiger partial charge on any atom is 0.0896 e. The zero-order valence-corrected chi connectivity index (χ0v) is 12.2. The molecule has 0 spiro atoms. The van der Waals surface area contributed by atoms with Gasteiger partial charge in [0.25, 0.3) is 0 Å². The summed E-state index contributed by atoms with van der Waals surface area (Å²) < 4.78 is 0. The Kier molecular flexibility index (Phi) is 4.84. The van der Waals surface area contributed by atoms with Crippen molar-refractivity contribution in [1.29, 1.82) is 0 Å². The Hall–Kier alpha value is -0.303. The molecule has 1 heterocycles. The normalized spacial score (nSPS) is 21.1. The molecular formula is C14H26Si. The number of hydrogen-bond donors (Lipinski definition) is 0. The monoisotopic (exact) mass is 222 g/mol. The summed E-state index contributed by atoms with van der Waals surface area (Å²) >= 11 is 0. The Balaban J connectivity index is 2.80. The van der Waals surface area contributed by atoms with E-state index in [1.165, 1.54) is 18.9 Å². The van der Waals surface area contributed by atoms with Crippen LogP contribution in [0.5, 0.6) is 0 Å². The topological polar surface area (TPSA) is 0 Å². The molecule has 1 unspecified atom stereocenters. The summed E-state index contributed by atoms with van der Waals surface area (Å²) in [4.78, 5) is 0. The Labute approximate surface area is 97.1 Å². The first kappa shape index (κ1) is 12.8. The zero-order chi connectivity index (χ0) is 11.4. The minimum Gasteiger partial charge on any atom is -0.0929 e. The van der Waals surface area contributed by atoms with Crippen molar-refractivity contribution in [2.24, 2.45) is 11.8 Å². The number of allylic oxidation sites excluding steroid dienone is 3. The van der Waals surface area contributed by atoms with Crippen molar-refractivity contribution in [3.8, 4) is 0 Å². The van der Waals surface area contributed by atoms with Gasteiger partial charge >= 0.3 is 0 Å². The van der Waals surface area contributed by atoms with Gasteiger partial charge in [-0.25, -0.2) is 0 Å². The van der Waals surface area contributed by atoms with Crippen LogP contribution in [-0.4, -0.2) is 8.80 Å². The fourth-order valence-corrected chi connectivity index (χ4v) is 6.31. The lowest BCUT2D eigenvalue weighted by Crippen LogP contribution is -2.17.